The van der Waals surface area contributed by atoms with Gasteiger partial charge < -0.3 is 10.6 Å². The Labute approximate surface area is 114 Å². The maximum atomic E-state index is 11.5. The zero-order chi connectivity index (χ0) is 14.2. The maximum Gasteiger partial charge on any atom is 0.211 e. The van der Waals surface area contributed by atoms with Gasteiger partial charge in [0, 0.05) is 32.7 Å². The van der Waals surface area contributed by atoms with Crippen molar-refractivity contribution in [2.75, 3.05) is 43.1 Å². The van der Waals surface area contributed by atoms with Crippen molar-refractivity contribution in [3.8, 4) is 0 Å². The van der Waals surface area contributed by atoms with Gasteiger partial charge in [0.05, 0.1) is 17.6 Å². The Bertz CT molecular complexity index is 558. The smallest absolute Gasteiger partial charge is 0.211 e. The first-order valence-electron chi connectivity index (χ1n) is 6.37. The van der Waals surface area contributed by atoms with E-state index in [-0.39, 0.29) is 0 Å². The van der Waals surface area contributed by atoms with E-state index in [0.29, 0.717) is 31.9 Å². The second kappa shape index (κ2) is 5.01. The van der Waals surface area contributed by atoms with E-state index in [0.717, 1.165) is 18.1 Å². The molecule has 108 valence electrons. The molecule has 0 spiro atoms. The highest BCUT2D eigenvalue weighted by atomic mass is 32.2. The summed E-state index contributed by atoms with van der Waals surface area (Å²) in [6, 6.07) is 0. The van der Waals surface area contributed by atoms with E-state index in [1.54, 1.807) is 0 Å². The lowest BCUT2D eigenvalue weighted by Crippen LogP contribution is -2.49. The fraction of sp³-hybridized carbons (Fsp3) is 0.727. The lowest BCUT2D eigenvalue weighted by Gasteiger charge is -2.34. The SMILES string of the molecule is CCn1nc(C)c(N)c1N1CCN(S(C)(=O)=O)CC1. The van der Waals surface area contributed by atoms with Gasteiger partial charge in [-0.3, -0.25) is 0 Å². The number of aryl methyl sites for hydroxylation is 2. The lowest BCUT2D eigenvalue weighted by molar-refractivity contribution is 0.384. The average molecular weight is 287 g/mol. The monoisotopic (exact) mass is 287 g/mol. The molecule has 1 saturated heterocycles. The minimum Gasteiger partial charge on any atom is -0.394 e. The molecule has 0 atom stereocenters. The predicted molar refractivity (Wildman–Crippen MR) is 75.7 cm³/mol. The van der Waals surface area contributed by atoms with Crippen LogP contribution in [0.5, 0.6) is 0 Å². The van der Waals surface area contributed by atoms with Crippen molar-refractivity contribution < 1.29 is 8.42 Å². The van der Waals surface area contributed by atoms with Gasteiger partial charge in [-0.25, -0.2) is 13.1 Å². The van der Waals surface area contributed by atoms with Crippen LogP contribution in [0.15, 0.2) is 0 Å². The fourth-order valence-electron chi connectivity index (χ4n) is 2.37. The van der Waals surface area contributed by atoms with Crippen LogP contribution in [0.3, 0.4) is 0 Å². The molecule has 0 amide bonds. The van der Waals surface area contributed by atoms with Crippen LogP contribution in [-0.2, 0) is 16.6 Å². The van der Waals surface area contributed by atoms with Gasteiger partial charge in [0.1, 0.15) is 0 Å². The minimum absolute atomic E-state index is 0.492. The highest BCUT2D eigenvalue weighted by molar-refractivity contribution is 7.88. The van der Waals surface area contributed by atoms with Crippen LogP contribution in [0, 0.1) is 6.92 Å². The summed E-state index contributed by atoms with van der Waals surface area (Å²) in [4.78, 5) is 2.11. The number of nitrogen functional groups attached to an aromatic ring is 1. The number of nitrogens with two attached hydrogens (primary N) is 1. The van der Waals surface area contributed by atoms with E-state index in [9.17, 15) is 8.42 Å². The van der Waals surface area contributed by atoms with Crippen molar-refractivity contribution in [1.82, 2.24) is 14.1 Å². The van der Waals surface area contributed by atoms with Gasteiger partial charge in [0.2, 0.25) is 10.0 Å². The summed E-state index contributed by atoms with van der Waals surface area (Å²) < 4.78 is 26.4. The summed E-state index contributed by atoms with van der Waals surface area (Å²) >= 11 is 0. The van der Waals surface area contributed by atoms with Crippen LogP contribution >= 0.6 is 0 Å². The summed E-state index contributed by atoms with van der Waals surface area (Å²) in [7, 11) is -3.10. The van der Waals surface area contributed by atoms with E-state index in [4.69, 9.17) is 5.73 Å². The summed E-state index contributed by atoms with van der Waals surface area (Å²) in [6.07, 6.45) is 1.25. The molecule has 1 aliphatic heterocycles. The van der Waals surface area contributed by atoms with Gasteiger partial charge in [-0.2, -0.15) is 9.40 Å². The predicted octanol–water partition coefficient (Wildman–Crippen LogP) is -0.125. The van der Waals surface area contributed by atoms with E-state index in [1.807, 2.05) is 18.5 Å². The quantitative estimate of drug-likeness (QED) is 0.837. The van der Waals surface area contributed by atoms with Crippen molar-refractivity contribution in [2.24, 2.45) is 0 Å². The number of nitrogens with zero attached hydrogens (tertiary/aromatic N) is 4. The van der Waals surface area contributed by atoms with Gasteiger partial charge in [0.15, 0.2) is 5.82 Å². The number of anilines is 2. The molecule has 1 aromatic heterocycles. The maximum absolute atomic E-state index is 11.5. The highest BCUT2D eigenvalue weighted by Gasteiger charge is 2.26. The molecule has 1 aliphatic rings. The Morgan fingerprint density at radius 3 is 2.32 bits per heavy atom. The third-order valence-electron chi connectivity index (χ3n) is 3.45. The molecule has 0 aliphatic carbocycles. The summed E-state index contributed by atoms with van der Waals surface area (Å²) in [5, 5.41) is 4.39. The number of aromatic nitrogens is 2. The zero-order valence-corrected chi connectivity index (χ0v) is 12.4. The van der Waals surface area contributed by atoms with Gasteiger partial charge >= 0.3 is 0 Å². The molecule has 2 N–H and O–H groups in total. The van der Waals surface area contributed by atoms with Gasteiger partial charge in [-0.1, -0.05) is 0 Å². The summed E-state index contributed by atoms with van der Waals surface area (Å²) in [5.74, 6) is 0.910. The van der Waals surface area contributed by atoms with Crippen LogP contribution in [-0.4, -0.2) is 54.9 Å². The molecule has 8 heteroatoms. The van der Waals surface area contributed by atoms with Crippen LogP contribution in [0.2, 0.25) is 0 Å². The third-order valence-corrected chi connectivity index (χ3v) is 4.76. The first-order chi connectivity index (χ1) is 8.84. The van der Waals surface area contributed by atoms with Crippen molar-refractivity contribution in [2.45, 2.75) is 20.4 Å². The first-order valence-corrected chi connectivity index (χ1v) is 8.22. The van der Waals surface area contributed by atoms with Gasteiger partial charge in [0.25, 0.3) is 0 Å². The normalized spacial score (nSPS) is 17.9. The Balaban J connectivity index is 2.18. The zero-order valence-electron chi connectivity index (χ0n) is 11.6. The second-order valence-electron chi connectivity index (χ2n) is 4.79. The first kappa shape index (κ1) is 14.1. The fourth-order valence-corrected chi connectivity index (χ4v) is 3.20. The topological polar surface area (TPSA) is 84.5 Å². The van der Waals surface area contributed by atoms with E-state index in [2.05, 4.69) is 10.00 Å². The van der Waals surface area contributed by atoms with Crippen molar-refractivity contribution >= 4 is 21.5 Å². The molecule has 7 nitrogen and oxygen atoms in total. The molecule has 1 aromatic rings. The Hall–Kier alpha value is -1.28. The van der Waals surface area contributed by atoms with Crippen LogP contribution < -0.4 is 10.6 Å². The number of sulfonamides is 1. The number of hydrogen-bond donors (Lipinski definition) is 1. The number of rotatable bonds is 3. The van der Waals surface area contributed by atoms with Crippen molar-refractivity contribution in [3.05, 3.63) is 5.69 Å². The Kier molecular flexibility index (Phi) is 3.73. The molecule has 1 fully saturated rings. The van der Waals surface area contributed by atoms with Crippen LogP contribution in [0.25, 0.3) is 0 Å². The van der Waals surface area contributed by atoms with Crippen molar-refractivity contribution in [1.29, 1.82) is 0 Å². The summed E-state index contributed by atoms with van der Waals surface area (Å²) in [6.45, 7) is 6.92. The lowest BCUT2D eigenvalue weighted by atomic mass is 10.3. The van der Waals surface area contributed by atoms with Gasteiger partial charge in [-0.15, -0.1) is 0 Å². The minimum atomic E-state index is -3.10. The number of piperazine rings is 1. The molecule has 2 heterocycles. The molecule has 2 rings (SSSR count). The molecule has 0 bridgehead atoms. The van der Waals surface area contributed by atoms with E-state index < -0.39 is 10.0 Å². The molecular weight excluding hydrogens is 266 g/mol. The molecular formula is C11H21N5O2S. The van der Waals surface area contributed by atoms with E-state index in [1.165, 1.54) is 10.6 Å². The van der Waals surface area contributed by atoms with Gasteiger partial charge in [-0.05, 0) is 13.8 Å². The standard InChI is InChI=1S/C11H21N5O2S/c1-4-16-11(10(12)9(2)13-16)14-5-7-15(8-6-14)19(3,17)18/h4-8,12H2,1-3H3. The van der Waals surface area contributed by atoms with E-state index >= 15 is 0 Å². The Morgan fingerprint density at radius 2 is 1.84 bits per heavy atom. The number of hydrogen-bond acceptors (Lipinski definition) is 5. The summed E-state index contributed by atoms with van der Waals surface area (Å²) in [5.41, 5.74) is 7.58. The molecule has 0 radical (unpaired) electrons. The highest BCUT2D eigenvalue weighted by Crippen LogP contribution is 2.27. The Morgan fingerprint density at radius 1 is 1.26 bits per heavy atom. The third kappa shape index (κ3) is 2.69. The van der Waals surface area contributed by atoms with Crippen molar-refractivity contribution in [3.63, 3.8) is 0 Å². The molecule has 19 heavy (non-hydrogen) atoms. The molecule has 0 aromatic carbocycles. The largest absolute Gasteiger partial charge is 0.394 e. The van der Waals surface area contributed by atoms with Crippen LogP contribution in [0.1, 0.15) is 12.6 Å². The van der Waals surface area contributed by atoms with Crippen LogP contribution in [0.4, 0.5) is 11.5 Å². The molecule has 0 saturated carbocycles. The second-order valence-corrected chi connectivity index (χ2v) is 6.77. The molecule has 0 unspecified atom stereocenters. The average Bonchev–Trinajstić information content (AvgIpc) is 2.64.